The number of hydrogen-bond acceptors (Lipinski definition) is 8. The summed E-state index contributed by atoms with van der Waals surface area (Å²) >= 11 is 0. The van der Waals surface area contributed by atoms with Gasteiger partial charge >= 0.3 is 11.9 Å². The van der Waals surface area contributed by atoms with E-state index in [1.807, 2.05) is 12.1 Å². The van der Waals surface area contributed by atoms with Crippen LogP contribution in [-0.2, 0) is 23.8 Å². The highest BCUT2D eigenvalue weighted by molar-refractivity contribution is 5.68. The first-order chi connectivity index (χ1) is 14.4. The van der Waals surface area contributed by atoms with Crippen LogP contribution in [0.5, 0.6) is 11.5 Å². The predicted octanol–water partition coefficient (Wildman–Crippen LogP) is 2.43. The zero-order chi connectivity index (χ0) is 21.0. The number of ether oxygens (including phenoxy) is 5. The summed E-state index contributed by atoms with van der Waals surface area (Å²) in [6, 6.07) is 3.85. The molecule has 0 amide bonds. The van der Waals surface area contributed by atoms with Crippen molar-refractivity contribution >= 4 is 11.9 Å². The molecule has 1 aliphatic carbocycles. The zero-order valence-corrected chi connectivity index (χ0v) is 17.3. The second-order valence-electron chi connectivity index (χ2n) is 8.23. The average molecular weight is 415 g/mol. The first-order valence-electron chi connectivity index (χ1n) is 10.2. The average Bonchev–Trinajstić information content (AvgIpc) is 3.36. The molecule has 1 saturated heterocycles. The highest BCUT2D eigenvalue weighted by Gasteiger charge is 2.59. The molecule has 0 unspecified atom stereocenters. The Hall–Kier alpha value is -2.74. The second-order valence-corrected chi connectivity index (χ2v) is 8.23. The maximum atomic E-state index is 12.0. The van der Waals surface area contributed by atoms with Crippen LogP contribution in [0.1, 0.15) is 49.8 Å². The van der Waals surface area contributed by atoms with E-state index >= 15 is 0 Å². The van der Waals surface area contributed by atoms with E-state index in [9.17, 15) is 9.59 Å². The molecule has 4 atom stereocenters. The topological polar surface area (TPSA) is 83.5 Å². The van der Waals surface area contributed by atoms with E-state index < -0.39 is 12.2 Å². The van der Waals surface area contributed by atoms with Crippen LogP contribution in [0.3, 0.4) is 0 Å². The van der Waals surface area contributed by atoms with Crippen molar-refractivity contribution in [3.05, 3.63) is 35.1 Å². The monoisotopic (exact) mass is 415 g/mol. The van der Waals surface area contributed by atoms with E-state index in [0.29, 0.717) is 23.8 Å². The maximum Gasteiger partial charge on any atom is 0.303 e. The number of esters is 2. The van der Waals surface area contributed by atoms with Gasteiger partial charge in [-0.25, -0.2) is 0 Å². The van der Waals surface area contributed by atoms with Crippen molar-refractivity contribution in [3.8, 4) is 11.5 Å². The Bertz CT molecular complexity index is 942. The standard InChI is InChI=1S/C22H25NO7/c1-12(24)29-19-10-23-6-4-5-22(23)9-18(26-3)21(30-13(2)25)20(22)15-8-17-16(7-14(15)19)27-11-28-17/h7-9,19-21H,4-6,10-11H2,1-3H3/t19-,20-,21-,22+/m1/s1. The van der Waals surface area contributed by atoms with Crippen molar-refractivity contribution in [3.63, 3.8) is 0 Å². The molecule has 0 bridgehead atoms. The van der Waals surface area contributed by atoms with Gasteiger partial charge in [0.1, 0.15) is 11.9 Å². The van der Waals surface area contributed by atoms with Gasteiger partial charge in [-0.1, -0.05) is 0 Å². The first kappa shape index (κ1) is 19.2. The van der Waals surface area contributed by atoms with Crippen molar-refractivity contribution < 1.29 is 33.3 Å². The third kappa shape index (κ3) is 2.77. The summed E-state index contributed by atoms with van der Waals surface area (Å²) in [5, 5.41) is 0. The molecule has 1 spiro atoms. The Balaban J connectivity index is 1.72. The Morgan fingerprint density at radius 2 is 1.80 bits per heavy atom. The zero-order valence-electron chi connectivity index (χ0n) is 17.3. The molecule has 0 saturated carbocycles. The number of rotatable bonds is 3. The molecule has 0 aromatic heterocycles. The van der Waals surface area contributed by atoms with Gasteiger partial charge < -0.3 is 23.7 Å². The number of nitrogens with zero attached hydrogens (tertiary/aromatic N) is 1. The van der Waals surface area contributed by atoms with Crippen LogP contribution in [0.15, 0.2) is 24.0 Å². The maximum absolute atomic E-state index is 12.0. The molecule has 8 nitrogen and oxygen atoms in total. The number of carbonyl (C=O) groups excluding carboxylic acids is 2. The lowest BCUT2D eigenvalue weighted by Gasteiger charge is -2.39. The summed E-state index contributed by atoms with van der Waals surface area (Å²) < 4.78 is 28.5. The Labute approximate surface area is 174 Å². The van der Waals surface area contributed by atoms with E-state index in [1.54, 1.807) is 7.11 Å². The number of hydrogen-bond donors (Lipinski definition) is 0. The molecule has 0 N–H and O–H groups in total. The van der Waals surface area contributed by atoms with Crippen molar-refractivity contribution in [2.45, 2.75) is 50.4 Å². The summed E-state index contributed by atoms with van der Waals surface area (Å²) in [6.07, 6.45) is 2.96. The minimum absolute atomic E-state index is 0.146. The third-order valence-corrected chi connectivity index (χ3v) is 6.59. The van der Waals surface area contributed by atoms with Gasteiger partial charge in [0.15, 0.2) is 17.6 Å². The van der Waals surface area contributed by atoms with Crippen LogP contribution in [0, 0.1) is 0 Å². The Morgan fingerprint density at radius 3 is 2.47 bits per heavy atom. The fourth-order valence-corrected chi connectivity index (χ4v) is 5.57. The van der Waals surface area contributed by atoms with Crippen molar-refractivity contribution in [1.82, 2.24) is 4.90 Å². The summed E-state index contributed by atoms with van der Waals surface area (Å²) in [4.78, 5) is 26.2. The number of benzene rings is 1. The summed E-state index contributed by atoms with van der Waals surface area (Å²) in [7, 11) is 1.60. The highest BCUT2D eigenvalue weighted by Crippen LogP contribution is 2.57. The van der Waals surface area contributed by atoms with E-state index in [0.717, 1.165) is 30.5 Å². The third-order valence-electron chi connectivity index (χ3n) is 6.59. The molecule has 3 heterocycles. The molecule has 30 heavy (non-hydrogen) atoms. The lowest BCUT2D eigenvalue weighted by atomic mass is 9.77. The van der Waals surface area contributed by atoms with E-state index in [2.05, 4.69) is 11.0 Å². The molecule has 1 aromatic carbocycles. The van der Waals surface area contributed by atoms with Gasteiger partial charge in [-0.2, -0.15) is 0 Å². The van der Waals surface area contributed by atoms with Crippen molar-refractivity contribution in [2.24, 2.45) is 0 Å². The van der Waals surface area contributed by atoms with Crippen LogP contribution in [0.25, 0.3) is 0 Å². The molecule has 1 aromatic rings. The molecular weight excluding hydrogens is 390 g/mol. The van der Waals surface area contributed by atoms with E-state index in [-0.39, 0.29) is 30.2 Å². The molecule has 160 valence electrons. The lowest BCUT2D eigenvalue weighted by molar-refractivity contribution is -0.149. The van der Waals surface area contributed by atoms with E-state index in [4.69, 9.17) is 23.7 Å². The van der Waals surface area contributed by atoms with Gasteiger partial charge in [0.25, 0.3) is 0 Å². The number of fused-ring (bicyclic) bond motifs is 3. The minimum Gasteiger partial charge on any atom is -0.497 e. The summed E-state index contributed by atoms with van der Waals surface area (Å²) in [5.74, 6) is 1.01. The van der Waals surface area contributed by atoms with Gasteiger partial charge in [-0.15, -0.1) is 0 Å². The van der Waals surface area contributed by atoms with Crippen LogP contribution < -0.4 is 9.47 Å². The van der Waals surface area contributed by atoms with E-state index in [1.165, 1.54) is 13.8 Å². The molecule has 4 aliphatic rings. The molecule has 1 fully saturated rings. The van der Waals surface area contributed by atoms with Crippen LogP contribution in [-0.4, -0.2) is 55.5 Å². The fraction of sp³-hybridized carbons (Fsp3) is 0.545. The SMILES string of the molecule is COC1=C[C@]23CCCN2C[C@@H](OC(C)=O)c2cc4c(cc2[C@@H]3[C@@H]1OC(C)=O)OCO4. The molecular formula is C22H25NO7. The minimum atomic E-state index is -0.566. The van der Waals surface area contributed by atoms with Crippen LogP contribution in [0.4, 0.5) is 0 Å². The largest absolute Gasteiger partial charge is 0.497 e. The normalized spacial score (nSPS) is 31.2. The quantitative estimate of drug-likeness (QED) is 0.696. The fourth-order valence-electron chi connectivity index (χ4n) is 5.57. The first-order valence-corrected chi connectivity index (χ1v) is 10.2. The highest BCUT2D eigenvalue weighted by atomic mass is 16.7. The van der Waals surface area contributed by atoms with Gasteiger partial charge in [-0.3, -0.25) is 14.5 Å². The Kier molecular flexibility index (Phi) is 4.43. The molecule has 3 aliphatic heterocycles. The second kappa shape index (κ2) is 6.91. The van der Waals surface area contributed by atoms with Gasteiger partial charge in [0.05, 0.1) is 18.6 Å². The number of carbonyl (C=O) groups is 2. The van der Waals surface area contributed by atoms with Crippen LogP contribution in [0.2, 0.25) is 0 Å². The smallest absolute Gasteiger partial charge is 0.303 e. The number of methoxy groups -OCH3 is 1. The Morgan fingerprint density at radius 1 is 1.10 bits per heavy atom. The van der Waals surface area contributed by atoms with Gasteiger partial charge in [-0.05, 0) is 43.2 Å². The summed E-state index contributed by atoms with van der Waals surface area (Å²) in [5.41, 5.74) is 1.41. The molecule has 8 heteroatoms. The van der Waals surface area contributed by atoms with Crippen molar-refractivity contribution in [2.75, 3.05) is 27.0 Å². The van der Waals surface area contributed by atoms with Crippen molar-refractivity contribution in [1.29, 1.82) is 0 Å². The van der Waals surface area contributed by atoms with Gasteiger partial charge in [0.2, 0.25) is 6.79 Å². The molecule has 0 radical (unpaired) electrons. The lowest BCUT2D eigenvalue weighted by Crippen LogP contribution is -2.47. The van der Waals surface area contributed by atoms with Crippen LogP contribution >= 0.6 is 0 Å². The van der Waals surface area contributed by atoms with Gasteiger partial charge in [0, 0.05) is 26.0 Å². The predicted molar refractivity (Wildman–Crippen MR) is 104 cm³/mol. The summed E-state index contributed by atoms with van der Waals surface area (Å²) in [6.45, 7) is 4.37. The molecule has 5 rings (SSSR count).